The predicted molar refractivity (Wildman–Crippen MR) is 141 cm³/mol. The van der Waals surface area contributed by atoms with E-state index in [9.17, 15) is 9.59 Å². The largest absolute Gasteiger partial charge is 0.379 e. The Morgan fingerprint density at radius 1 is 1.00 bits per heavy atom. The third kappa shape index (κ3) is 3.85. The van der Waals surface area contributed by atoms with E-state index >= 15 is 0 Å². The molecule has 0 spiro atoms. The van der Waals surface area contributed by atoms with Gasteiger partial charge in [0.15, 0.2) is 0 Å². The number of carbonyl (C=O) groups excluding carboxylic acids is 1. The van der Waals surface area contributed by atoms with E-state index in [2.05, 4.69) is 48.4 Å². The van der Waals surface area contributed by atoms with Gasteiger partial charge in [0, 0.05) is 24.2 Å². The molecule has 2 aliphatic heterocycles. The molecule has 7 heteroatoms. The number of morpholine rings is 1. The molecule has 4 aromatic rings. The second kappa shape index (κ2) is 8.60. The second-order valence-corrected chi connectivity index (χ2v) is 10.1. The molecule has 3 heterocycles. The van der Waals surface area contributed by atoms with Crippen molar-refractivity contribution in [2.45, 2.75) is 25.8 Å². The van der Waals surface area contributed by atoms with Gasteiger partial charge in [-0.2, -0.15) is 0 Å². The van der Waals surface area contributed by atoms with Crippen LogP contribution in [0.15, 0.2) is 65.5 Å². The van der Waals surface area contributed by atoms with Crippen molar-refractivity contribution in [3.63, 3.8) is 0 Å². The molecule has 36 heavy (non-hydrogen) atoms. The quantitative estimate of drug-likeness (QED) is 0.427. The number of ether oxygens (including phenoxy) is 1. The summed E-state index contributed by atoms with van der Waals surface area (Å²) in [5.41, 5.74) is 3.72. The molecule has 1 aromatic heterocycles. The van der Waals surface area contributed by atoms with Gasteiger partial charge in [-0.15, -0.1) is 0 Å². The highest BCUT2D eigenvalue weighted by Crippen LogP contribution is 2.38. The van der Waals surface area contributed by atoms with E-state index in [1.165, 1.54) is 0 Å². The first-order valence-corrected chi connectivity index (χ1v) is 12.3. The number of nitrogens with one attached hydrogen (secondary N) is 2. The summed E-state index contributed by atoms with van der Waals surface area (Å²) in [6, 6.07) is 19.8. The van der Waals surface area contributed by atoms with E-state index < -0.39 is 0 Å². The number of carbonyl (C=O) groups is 1. The molecule has 6 rings (SSSR count). The van der Waals surface area contributed by atoms with Crippen LogP contribution in [-0.2, 0) is 16.0 Å². The van der Waals surface area contributed by atoms with Crippen molar-refractivity contribution in [1.29, 1.82) is 0 Å². The van der Waals surface area contributed by atoms with E-state index in [1.807, 2.05) is 36.4 Å². The Labute approximate surface area is 208 Å². The number of amides is 1. The van der Waals surface area contributed by atoms with Gasteiger partial charge in [0.05, 0.1) is 35.5 Å². The zero-order valence-corrected chi connectivity index (χ0v) is 20.4. The molecule has 1 amide bonds. The Morgan fingerprint density at radius 3 is 2.58 bits per heavy atom. The molecule has 182 valence electrons. The van der Waals surface area contributed by atoms with Gasteiger partial charge in [0.2, 0.25) is 0 Å². The molecule has 2 N–H and O–H groups in total. The topological polar surface area (TPSA) is 87.3 Å². The molecule has 0 radical (unpaired) electrons. The summed E-state index contributed by atoms with van der Waals surface area (Å²) < 4.78 is 5.49. The smallest absolute Gasteiger partial charge is 0.275 e. The fourth-order valence-electron chi connectivity index (χ4n) is 5.30. The first-order chi connectivity index (χ1) is 17.4. The first-order valence-electron chi connectivity index (χ1n) is 12.3. The first kappa shape index (κ1) is 22.5. The molecule has 0 aliphatic carbocycles. The number of aromatic amines is 1. The van der Waals surface area contributed by atoms with Crippen LogP contribution in [0.5, 0.6) is 0 Å². The molecule has 1 fully saturated rings. The van der Waals surface area contributed by atoms with Crippen molar-refractivity contribution in [1.82, 2.24) is 20.2 Å². The van der Waals surface area contributed by atoms with Crippen molar-refractivity contribution in [3.05, 3.63) is 87.8 Å². The lowest BCUT2D eigenvalue weighted by Gasteiger charge is -2.38. The molecule has 0 bridgehead atoms. The highest BCUT2D eigenvalue weighted by Gasteiger charge is 2.35. The van der Waals surface area contributed by atoms with Crippen molar-refractivity contribution < 1.29 is 9.53 Å². The van der Waals surface area contributed by atoms with E-state index in [4.69, 9.17) is 9.72 Å². The predicted octanol–water partition coefficient (Wildman–Crippen LogP) is 3.73. The number of hydrogen-bond donors (Lipinski definition) is 2. The Bertz CT molecular complexity index is 1600. The summed E-state index contributed by atoms with van der Waals surface area (Å²) in [5.74, 6) is -0.217. The average Bonchev–Trinajstić information content (AvgIpc) is 2.89. The van der Waals surface area contributed by atoms with Crippen molar-refractivity contribution in [3.8, 4) is 0 Å². The fraction of sp³-hybridized carbons (Fsp3) is 0.276. The van der Waals surface area contributed by atoms with Crippen LogP contribution in [0.1, 0.15) is 30.7 Å². The molecule has 1 saturated heterocycles. The van der Waals surface area contributed by atoms with Gasteiger partial charge in [-0.05, 0) is 48.7 Å². The lowest BCUT2D eigenvalue weighted by Crippen LogP contribution is -2.47. The minimum absolute atomic E-state index is 0.129. The number of rotatable bonds is 2. The van der Waals surface area contributed by atoms with Crippen molar-refractivity contribution in [2.24, 2.45) is 0 Å². The second-order valence-electron chi connectivity index (χ2n) is 10.1. The Morgan fingerprint density at radius 2 is 1.75 bits per heavy atom. The SMILES string of the molecule is CC1(C)Cc2c(ccc3ccccc23)C(=C(C(=O)N2CCOCC2)c2nc3ccccc3[nH]c2=O)N1. The van der Waals surface area contributed by atoms with Crippen LogP contribution < -0.4 is 10.9 Å². The molecule has 2 aliphatic rings. The molecular weight excluding hydrogens is 452 g/mol. The number of nitrogens with zero attached hydrogens (tertiary/aromatic N) is 2. The molecule has 0 saturated carbocycles. The lowest BCUT2D eigenvalue weighted by molar-refractivity contribution is -0.128. The third-order valence-corrected chi connectivity index (χ3v) is 6.99. The van der Waals surface area contributed by atoms with Crippen LogP contribution in [-0.4, -0.2) is 52.6 Å². The summed E-state index contributed by atoms with van der Waals surface area (Å²) in [4.78, 5) is 37.0. The summed E-state index contributed by atoms with van der Waals surface area (Å²) in [7, 11) is 0. The van der Waals surface area contributed by atoms with Crippen LogP contribution in [0.3, 0.4) is 0 Å². The van der Waals surface area contributed by atoms with Crippen molar-refractivity contribution >= 4 is 39.0 Å². The van der Waals surface area contributed by atoms with Gasteiger partial charge in [-0.25, -0.2) is 4.98 Å². The molecule has 7 nitrogen and oxygen atoms in total. The Balaban J connectivity index is 1.67. The average molecular weight is 481 g/mol. The van der Waals surface area contributed by atoms with Gasteiger partial charge < -0.3 is 19.9 Å². The molecule has 0 unspecified atom stereocenters. The maximum absolute atomic E-state index is 14.2. The number of hydrogen-bond acceptors (Lipinski definition) is 5. The van der Waals surface area contributed by atoms with Gasteiger partial charge in [-0.3, -0.25) is 9.59 Å². The van der Waals surface area contributed by atoms with Gasteiger partial charge >= 0.3 is 0 Å². The van der Waals surface area contributed by atoms with E-state index in [0.717, 1.165) is 28.3 Å². The van der Waals surface area contributed by atoms with E-state index in [0.29, 0.717) is 48.6 Å². The van der Waals surface area contributed by atoms with Gasteiger partial charge in [0.25, 0.3) is 11.5 Å². The summed E-state index contributed by atoms with van der Waals surface area (Å²) in [6.07, 6.45) is 0.785. The summed E-state index contributed by atoms with van der Waals surface area (Å²) in [5, 5.41) is 5.92. The minimum Gasteiger partial charge on any atom is -0.379 e. The number of para-hydroxylation sites is 2. The normalized spacial score (nSPS) is 18.6. The van der Waals surface area contributed by atoms with Crippen molar-refractivity contribution in [2.75, 3.05) is 26.3 Å². The molecule has 0 atom stereocenters. The van der Waals surface area contributed by atoms with Crippen LogP contribution >= 0.6 is 0 Å². The fourth-order valence-corrected chi connectivity index (χ4v) is 5.30. The van der Waals surface area contributed by atoms with Crippen LogP contribution in [0, 0.1) is 0 Å². The summed E-state index contributed by atoms with van der Waals surface area (Å²) in [6.45, 7) is 6.11. The zero-order valence-electron chi connectivity index (χ0n) is 20.4. The maximum Gasteiger partial charge on any atom is 0.275 e. The summed E-state index contributed by atoms with van der Waals surface area (Å²) >= 11 is 0. The standard InChI is InChI=1S/C29H28N4O3/c1-29(2)17-21-19-8-4-3-7-18(19)11-12-20(21)25(32-29)24(28(35)33-13-15-36-16-14-33)26-27(34)31-23-10-6-5-9-22(23)30-26/h3-12,32H,13-17H2,1-2H3,(H,31,34). The van der Waals surface area contributed by atoms with E-state index in [1.54, 1.807) is 4.90 Å². The molecular formula is C29H28N4O3. The highest BCUT2D eigenvalue weighted by atomic mass is 16.5. The van der Waals surface area contributed by atoms with Crippen LogP contribution in [0.25, 0.3) is 33.1 Å². The van der Waals surface area contributed by atoms with Gasteiger partial charge in [0.1, 0.15) is 5.69 Å². The lowest BCUT2D eigenvalue weighted by atomic mass is 9.81. The maximum atomic E-state index is 14.2. The number of benzene rings is 3. The van der Waals surface area contributed by atoms with Crippen LogP contribution in [0.2, 0.25) is 0 Å². The van der Waals surface area contributed by atoms with Gasteiger partial charge in [-0.1, -0.05) is 48.5 Å². The highest BCUT2D eigenvalue weighted by molar-refractivity contribution is 6.26. The number of H-pyrrole nitrogens is 1. The Hall–Kier alpha value is -3.97. The molecule has 3 aromatic carbocycles. The number of aromatic nitrogens is 2. The Kier molecular flexibility index (Phi) is 5.38. The zero-order chi connectivity index (χ0) is 24.9. The van der Waals surface area contributed by atoms with E-state index in [-0.39, 0.29) is 22.7 Å². The third-order valence-electron chi connectivity index (χ3n) is 6.99. The number of fused-ring (bicyclic) bond motifs is 4. The van der Waals surface area contributed by atoms with Crippen LogP contribution in [0.4, 0.5) is 0 Å². The minimum atomic E-state index is -0.384. The monoisotopic (exact) mass is 480 g/mol.